The van der Waals surface area contributed by atoms with E-state index in [9.17, 15) is 0 Å². The van der Waals surface area contributed by atoms with Crippen molar-refractivity contribution in [1.29, 1.82) is 0 Å². The smallest absolute Gasteiger partial charge is 0.315 e. The molecule has 0 bridgehead atoms. The van der Waals surface area contributed by atoms with E-state index in [1.807, 2.05) is 6.07 Å². The van der Waals surface area contributed by atoms with Crippen LogP contribution in [0.4, 0.5) is 0 Å². The lowest BCUT2D eigenvalue weighted by Crippen LogP contribution is -2.05. The van der Waals surface area contributed by atoms with Crippen LogP contribution < -0.4 is 4.78 Å². The first-order chi connectivity index (χ1) is 3.83. The second kappa shape index (κ2) is 2.53. The second-order valence-electron chi connectivity index (χ2n) is 1.36. The van der Waals surface area contributed by atoms with Crippen LogP contribution in [0, 0.1) is 0 Å². The van der Waals surface area contributed by atoms with Crippen LogP contribution in [0.5, 0.6) is 0 Å². The van der Waals surface area contributed by atoms with Crippen molar-refractivity contribution >= 4 is 35.2 Å². The SMILES string of the molecule is OBc1ccc(Cl)s1. The zero-order chi connectivity index (χ0) is 5.98. The average molecular weight is 146 g/mol. The molecule has 0 saturated carbocycles. The molecule has 1 rings (SSSR count). The third-order valence-electron chi connectivity index (χ3n) is 0.785. The zero-order valence-electron chi connectivity index (χ0n) is 4.10. The molecule has 8 heavy (non-hydrogen) atoms. The van der Waals surface area contributed by atoms with Crippen molar-refractivity contribution in [3.8, 4) is 0 Å². The molecule has 0 spiro atoms. The summed E-state index contributed by atoms with van der Waals surface area (Å²) in [5.41, 5.74) is 0. The lowest BCUT2D eigenvalue weighted by atomic mass is 10.0. The summed E-state index contributed by atoms with van der Waals surface area (Å²) in [6, 6.07) is 3.59. The molecule has 1 aromatic heterocycles. The summed E-state index contributed by atoms with van der Waals surface area (Å²) in [4.78, 5) is 0. The number of halogens is 1. The van der Waals surface area contributed by atoms with Crippen LogP contribution in [0.1, 0.15) is 0 Å². The van der Waals surface area contributed by atoms with Crippen LogP contribution >= 0.6 is 22.9 Å². The molecule has 0 unspecified atom stereocenters. The van der Waals surface area contributed by atoms with Crippen LogP contribution in [-0.4, -0.2) is 12.5 Å². The van der Waals surface area contributed by atoms with E-state index in [4.69, 9.17) is 16.6 Å². The van der Waals surface area contributed by atoms with E-state index in [2.05, 4.69) is 0 Å². The van der Waals surface area contributed by atoms with E-state index in [0.717, 1.165) is 9.11 Å². The van der Waals surface area contributed by atoms with Gasteiger partial charge in [0.1, 0.15) is 0 Å². The van der Waals surface area contributed by atoms with Crippen molar-refractivity contribution in [2.75, 3.05) is 0 Å². The van der Waals surface area contributed by atoms with Crippen molar-refractivity contribution < 1.29 is 5.02 Å². The summed E-state index contributed by atoms with van der Waals surface area (Å²) in [7, 11) is 0.0946. The molecule has 0 aliphatic rings. The number of hydrogen-bond acceptors (Lipinski definition) is 2. The van der Waals surface area contributed by atoms with Gasteiger partial charge in [0.15, 0.2) is 0 Å². The molecule has 0 saturated heterocycles. The topological polar surface area (TPSA) is 20.2 Å². The monoisotopic (exact) mass is 146 g/mol. The van der Waals surface area contributed by atoms with Gasteiger partial charge in [0.05, 0.1) is 4.34 Å². The molecule has 4 heteroatoms. The molecule has 42 valence electrons. The van der Waals surface area contributed by atoms with Gasteiger partial charge in [-0.2, -0.15) is 0 Å². The van der Waals surface area contributed by atoms with Gasteiger partial charge in [0.2, 0.25) is 0 Å². The van der Waals surface area contributed by atoms with E-state index in [0.29, 0.717) is 0 Å². The quantitative estimate of drug-likeness (QED) is 0.568. The molecule has 0 aromatic carbocycles. The summed E-state index contributed by atoms with van der Waals surface area (Å²) in [6.45, 7) is 0. The molecular formula is C4H4BClOS. The molecule has 1 aromatic rings. The Bertz CT molecular complexity index is 176. The first-order valence-corrected chi connectivity index (χ1v) is 3.37. The summed E-state index contributed by atoms with van der Waals surface area (Å²) >= 11 is 6.95. The first-order valence-electron chi connectivity index (χ1n) is 2.18. The Labute approximate surface area is 57.2 Å². The summed E-state index contributed by atoms with van der Waals surface area (Å²) < 4.78 is 1.64. The van der Waals surface area contributed by atoms with Gasteiger partial charge in [-0.25, -0.2) is 0 Å². The van der Waals surface area contributed by atoms with Crippen molar-refractivity contribution in [3.63, 3.8) is 0 Å². The molecular weight excluding hydrogens is 142 g/mol. The minimum Gasteiger partial charge on any atom is -0.449 e. The predicted molar refractivity (Wildman–Crippen MR) is 38.3 cm³/mol. The van der Waals surface area contributed by atoms with E-state index < -0.39 is 0 Å². The van der Waals surface area contributed by atoms with Gasteiger partial charge in [-0.1, -0.05) is 17.7 Å². The predicted octanol–water partition coefficient (Wildman–Crippen LogP) is 0.371. The number of rotatable bonds is 1. The summed E-state index contributed by atoms with van der Waals surface area (Å²) in [5, 5.41) is 8.50. The van der Waals surface area contributed by atoms with Gasteiger partial charge in [0, 0.05) is 4.78 Å². The van der Waals surface area contributed by atoms with Gasteiger partial charge >= 0.3 is 7.48 Å². The highest BCUT2D eigenvalue weighted by Crippen LogP contribution is 2.11. The largest absolute Gasteiger partial charge is 0.449 e. The van der Waals surface area contributed by atoms with Crippen LogP contribution in [0.2, 0.25) is 4.34 Å². The maximum Gasteiger partial charge on any atom is 0.315 e. The van der Waals surface area contributed by atoms with Crippen LogP contribution in [0.3, 0.4) is 0 Å². The van der Waals surface area contributed by atoms with Crippen molar-refractivity contribution in [1.82, 2.24) is 0 Å². The standard InChI is InChI=1S/C4H4BClOS/c6-4-2-1-3(5-7)8-4/h1-2,5,7H. The molecule has 0 fully saturated rings. The Morgan fingerprint density at radius 3 is 2.62 bits per heavy atom. The Hall–Kier alpha value is 0.0149. The normalized spacial score (nSPS) is 9.25. The van der Waals surface area contributed by atoms with Crippen LogP contribution in [0.15, 0.2) is 12.1 Å². The van der Waals surface area contributed by atoms with E-state index >= 15 is 0 Å². The van der Waals surface area contributed by atoms with E-state index in [1.54, 1.807) is 6.07 Å². The highest BCUT2D eigenvalue weighted by Gasteiger charge is 1.94. The van der Waals surface area contributed by atoms with Crippen molar-refractivity contribution in [2.45, 2.75) is 0 Å². The molecule has 0 atom stereocenters. The Balaban J connectivity index is 2.84. The summed E-state index contributed by atoms with van der Waals surface area (Å²) in [6.07, 6.45) is 0. The highest BCUT2D eigenvalue weighted by molar-refractivity contribution is 7.24. The lowest BCUT2D eigenvalue weighted by molar-refractivity contribution is 0.616. The highest BCUT2D eigenvalue weighted by atomic mass is 35.5. The van der Waals surface area contributed by atoms with Gasteiger partial charge < -0.3 is 5.02 Å². The van der Waals surface area contributed by atoms with E-state index in [1.165, 1.54) is 11.3 Å². The minimum absolute atomic E-state index is 0.0946. The second-order valence-corrected chi connectivity index (χ2v) is 3.16. The molecule has 1 heterocycles. The maximum absolute atomic E-state index is 8.50. The number of thiophene rings is 1. The third-order valence-corrected chi connectivity index (χ3v) is 2.00. The van der Waals surface area contributed by atoms with Crippen molar-refractivity contribution in [2.24, 2.45) is 0 Å². The Morgan fingerprint density at radius 2 is 2.38 bits per heavy atom. The Kier molecular flexibility index (Phi) is 1.94. The maximum atomic E-state index is 8.50. The third kappa shape index (κ3) is 1.25. The Morgan fingerprint density at radius 1 is 1.62 bits per heavy atom. The van der Waals surface area contributed by atoms with Gasteiger partial charge in [-0.05, 0) is 6.07 Å². The molecule has 0 radical (unpaired) electrons. The molecule has 0 aliphatic carbocycles. The fourth-order valence-corrected chi connectivity index (χ4v) is 1.38. The molecule has 0 amide bonds. The van der Waals surface area contributed by atoms with Gasteiger partial charge in [0.25, 0.3) is 0 Å². The van der Waals surface area contributed by atoms with Crippen LogP contribution in [0.25, 0.3) is 0 Å². The van der Waals surface area contributed by atoms with Gasteiger partial charge in [-0.3, -0.25) is 0 Å². The fourth-order valence-electron chi connectivity index (χ4n) is 0.437. The lowest BCUT2D eigenvalue weighted by Gasteiger charge is -1.76. The molecule has 1 N–H and O–H groups in total. The minimum atomic E-state index is 0.0946. The fraction of sp³-hybridized carbons (Fsp3) is 0. The first kappa shape index (κ1) is 6.14. The molecule has 1 nitrogen and oxygen atoms in total. The average Bonchev–Trinajstić information content (AvgIpc) is 2.14. The van der Waals surface area contributed by atoms with Crippen molar-refractivity contribution in [3.05, 3.63) is 16.5 Å². The number of hydrogen-bond donors (Lipinski definition) is 1. The van der Waals surface area contributed by atoms with Gasteiger partial charge in [-0.15, -0.1) is 11.3 Å². The molecule has 0 aliphatic heterocycles. The van der Waals surface area contributed by atoms with E-state index in [-0.39, 0.29) is 7.48 Å². The van der Waals surface area contributed by atoms with Crippen LogP contribution in [-0.2, 0) is 0 Å². The summed E-state index contributed by atoms with van der Waals surface area (Å²) in [5.74, 6) is 0. The zero-order valence-corrected chi connectivity index (χ0v) is 5.67.